The zero-order chi connectivity index (χ0) is 19.9. The van der Waals surface area contributed by atoms with Gasteiger partial charge in [0, 0.05) is 24.5 Å². The van der Waals surface area contributed by atoms with Crippen LogP contribution in [0.15, 0.2) is 53.9 Å². The number of carbonyl (C=O) groups is 1. The van der Waals surface area contributed by atoms with E-state index in [0.717, 1.165) is 5.56 Å². The van der Waals surface area contributed by atoms with Crippen LogP contribution in [-0.4, -0.2) is 38.0 Å². The Bertz CT molecular complexity index is 937. The summed E-state index contributed by atoms with van der Waals surface area (Å²) in [5.74, 6) is 0.235. The van der Waals surface area contributed by atoms with E-state index in [1.807, 2.05) is 23.6 Å². The number of anilines is 1. The number of thioether (sulfide) groups is 1. The molecular weight excluding hydrogens is 388 g/mol. The predicted molar refractivity (Wildman–Crippen MR) is 101 cm³/mol. The highest BCUT2D eigenvalue weighted by Gasteiger charge is 2.16. The van der Waals surface area contributed by atoms with Crippen LogP contribution >= 0.6 is 11.8 Å². The van der Waals surface area contributed by atoms with E-state index < -0.39 is 6.61 Å². The lowest BCUT2D eigenvalue weighted by Crippen LogP contribution is -2.16. The summed E-state index contributed by atoms with van der Waals surface area (Å²) in [6, 6.07) is 9.71. The van der Waals surface area contributed by atoms with E-state index in [2.05, 4.69) is 25.2 Å². The van der Waals surface area contributed by atoms with Gasteiger partial charge in [-0.3, -0.25) is 9.78 Å². The molecule has 0 saturated heterocycles. The standard InChI is InChI=1S/C18H17F2N5O2S/c1-2-25-16(12-6-5-9-21-10-12)23-24-18(25)28-11-15(26)22-13-7-3-4-8-14(13)27-17(19)20/h3-10,17H,2,11H2,1H3,(H,22,26). The van der Waals surface area contributed by atoms with E-state index in [4.69, 9.17) is 0 Å². The van der Waals surface area contributed by atoms with Gasteiger partial charge in [-0.2, -0.15) is 8.78 Å². The van der Waals surface area contributed by atoms with Gasteiger partial charge in [0.2, 0.25) is 5.91 Å². The molecule has 1 N–H and O–H groups in total. The number of aromatic nitrogens is 4. The molecule has 10 heteroatoms. The lowest BCUT2D eigenvalue weighted by molar-refractivity contribution is -0.113. The highest BCUT2D eigenvalue weighted by atomic mass is 32.2. The SMILES string of the molecule is CCn1c(SCC(=O)Nc2ccccc2OC(F)F)nnc1-c1cccnc1. The first kappa shape index (κ1) is 19.7. The molecule has 146 valence electrons. The quantitative estimate of drug-likeness (QED) is 0.576. The summed E-state index contributed by atoms with van der Waals surface area (Å²) in [7, 11) is 0. The number of para-hydroxylation sites is 2. The molecule has 7 nitrogen and oxygen atoms in total. The van der Waals surface area contributed by atoms with Crippen LogP contribution in [0.4, 0.5) is 14.5 Å². The Kier molecular flexibility index (Phi) is 6.53. The van der Waals surface area contributed by atoms with Crippen molar-refractivity contribution >= 4 is 23.4 Å². The Morgan fingerprint density at radius 2 is 2.07 bits per heavy atom. The molecule has 1 amide bonds. The molecule has 0 spiro atoms. The number of hydrogen-bond acceptors (Lipinski definition) is 6. The first-order valence-corrected chi connectivity index (χ1v) is 9.37. The van der Waals surface area contributed by atoms with Crippen molar-refractivity contribution in [3.63, 3.8) is 0 Å². The van der Waals surface area contributed by atoms with Crippen molar-refractivity contribution in [1.29, 1.82) is 0 Å². The van der Waals surface area contributed by atoms with Gasteiger partial charge in [0.05, 0.1) is 11.4 Å². The fourth-order valence-corrected chi connectivity index (χ4v) is 3.28. The van der Waals surface area contributed by atoms with E-state index in [1.54, 1.807) is 24.5 Å². The first-order chi connectivity index (χ1) is 13.6. The molecule has 0 aliphatic rings. The normalized spacial score (nSPS) is 10.9. The second-order valence-electron chi connectivity index (χ2n) is 5.50. The maximum atomic E-state index is 12.5. The van der Waals surface area contributed by atoms with E-state index in [-0.39, 0.29) is 23.1 Å². The van der Waals surface area contributed by atoms with Crippen LogP contribution in [0.1, 0.15) is 6.92 Å². The largest absolute Gasteiger partial charge is 0.433 e. The molecule has 2 aromatic heterocycles. The molecule has 0 radical (unpaired) electrons. The second-order valence-corrected chi connectivity index (χ2v) is 6.45. The van der Waals surface area contributed by atoms with Crippen molar-refractivity contribution in [1.82, 2.24) is 19.7 Å². The van der Waals surface area contributed by atoms with Gasteiger partial charge in [0.25, 0.3) is 0 Å². The Balaban J connectivity index is 1.67. The van der Waals surface area contributed by atoms with Crippen LogP contribution in [0.5, 0.6) is 5.75 Å². The summed E-state index contributed by atoms with van der Waals surface area (Å²) < 4.78 is 31.2. The van der Waals surface area contributed by atoms with Crippen molar-refractivity contribution in [2.24, 2.45) is 0 Å². The number of halogens is 2. The Labute approximate surface area is 164 Å². The van der Waals surface area contributed by atoms with Crippen molar-refractivity contribution in [3.05, 3.63) is 48.8 Å². The molecule has 0 saturated carbocycles. The zero-order valence-electron chi connectivity index (χ0n) is 14.9. The van der Waals surface area contributed by atoms with Crippen LogP contribution in [0, 0.1) is 0 Å². The van der Waals surface area contributed by atoms with Crippen molar-refractivity contribution in [3.8, 4) is 17.1 Å². The highest BCUT2D eigenvalue weighted by Crippen LogP contribution is 2.27. The van der Waals surface area contributed by atoms with E-state index in [1.165, 1.54) is 23.9 Å². The molecular formula is C18H17F2N5O2S. The summed E-state index contributed by atoms with van der Waals surface area (Å²) in [4.78, 5) is 16.3. The molecule has 2 heterocycles. The Morgan fingerprint density at radius 1 is 1.25 bits per heavy atom. The third kappa shape index (κ3) is 4.83. The molecule has 0 bridgehead atoms. The fourth-order valence-electron chi connectivity index (χ4n) is 2.47. The summed E-state index contributed by atoms with van der Waals surface area (Å²) in [6.45, 7) is -0.404. The molecule has 0 atom stereocenters. The Hall–Kier alpha value is -3.01. The van der Waals surface area contributed by atoms with Crippen LogP contribution in [0.2, 0.25) is 0 Å². The molecule has 0 fully saturated rings. The maximum Gasteiger partial charge on any atom is 0.387 e. The third-order valence-electron chi connectivity index (χ3n) is 3.66. The van der Waals surface area contributed by atoms with Crippen molar-refractivity contribution in [2.45, 2.75) is 25.2 Å². The maximum absolute atomic E-state index is 12.5. The predicted octanol–water partition coefficient (Wildman–Crippen LogP) is 3.69. The van der Waals surface area contributed by atoms with Gasteiger partial charge < -0.3 is 14.6 Å². The average Bonchev–Trinajstić information content (AvgIpc) is 3.11. The number of nitrogens with zero attached hydrogens (tertiary/aromatic N) is 4. The van der Waals surface area contributed by atoms with Crippen LogP contribution in [-0.2, 0) is 11.3 Å². The molecule has 3 rings (SSSR count). The van der Waals surface area contributed by atoms with Gasteiger partial charge in [-0.15, -0.1) is 10.2 Å². The molecule has 3 aromatic rings. The number of alkyl halides is 2. The van der Waals surface area contributed by atoms with Gasteiger partial charge in [-0.25, -0.2) is 0 Å². The number of rotatable bonds is 8. The van der Waals surface area contributed by atoms with Gasteiger partial charge in [-0.1, -0.05) is 23.9 Å². The van der Waals surface area contributed by atoms with Gasteiger partial charge in [-0.05, 0) is 31.2 Å². The number of ether oxygens (including phenoxy) is 1. The minimum Gasteiger partial charge on any atom is -0.433 e. The average molecular weight is 405 g/mol. The lowest BCUT2D eigenvalue weighted by Gasteiger charge is -2.11. The molecule has 0 aliphatic heterocycles. The molecule has 1 aromatic carbocycles. The number of hydrogen-bond donors (Lipinski definition) is 1. The number of pyridine rings is 1. The van der Waals surface area contributed by atoms with Gasteiger partial charge in [0.1, 0.15) is 5.75 Å². The smallest absolute Gasteiger partial charge is 0.387 e. The minimum atomic E-state index is -2.97. The van der Waals surface area contributed by atoms with E-state index >= 15 is 0 Å². The highest BCUT2D eigenvalue weighted by molar-refractivity contribution is 7.99. The molecule has 28 heavy (non-hydrogen) atoms. The van der Waals surface area contributed by atoms with Crippen LogP contribution in [0.3, 0.4) is 0 Å². The summed E-state index contributed by atoms with van der Waals surface area (Å²) >= 11 is 1.20. The fraction of sp³-hybridized carbons (Fsp3) is 0.222. The lowest BCUT2D eigenvalue weighted by atomic mass is 10.3. The zero-order valence-corrected chi connectivity index (χ0v) is 15.7. The number of carbonyl (C=O) groups excluding carboxylic acids is 1. The topological polar surface area (TPSA) is 81.9 Å². The second kappa shape index (κ2) is 9.27. The number of benzene rings is 1. The first-order valence-electron chi connectivity index (χ1n) is 8.38. The van der Waals surface area contributed by atoms with Crippen LogP contribution in [0.25, 0.3) is 11.4 Å². The van der Waals surface area contributed by atoms with E-state index in [9.17, 15) is 13.6 Å². The number of nitrogens with one attached hydrogen (secondary N) is 1. The van der Waals surface area contributed by atoms with Gasteiger partial charge in [0.15, 0.2) is 11.0 Å². The third-order valence-corrected chi connectivity index (χ3v) is 4.63. The monoisotopic (exact) mass is 405 g/mol. The van der Waals surface area contributed by atoms with Crippen LogP contribution < -0.4 is 10.1 Å². The van der Waals surface area contributed by atoms with Crippen molar-refractivity contribution < 1.29 is 18.3 Å². The van der Waals surface area contributed by atoms with Crippen molar-refractivity contribution in [2.75, 3.05) is 11.1 Å². The number of amides is 1. The van der Waals surface area contributed by atoms with E-state index in [0.29, 0.717) is 17.5 Å². The summed E-state index contributed by atoms with van der Waals surface area (Å²) in [5, 5.41) is 11.5. The summed E-state index contributed by atoms with van der Waals surface area (Å²) in [5.41, 5.74) is 1.01. The Morgan fingerprint density at radius 3 is 2.79 bits per heavy atom. The molecule has 0 aliphatic carbocycles. The summed E-state index contributed by atoms with van der Waals surface area (Å²) in [6.07, 6.45) is 3.36. The molecule has 0 unspecified atom stereocenters. The van der Waals surface area contributed by atoms with Gasteiger partial charge >= 0.3 is 6.61 Å². The minimum absolute atomic E-state index is 0.0359.